The molecule has 9 nitrogen and oxygen atoms in total. The first-order valence-electron chi connectivity index (χ1n) is 12.8. The highest BCUT2D eigenvalue weighted by atomic mass is 19.4. The van der Waals surface area contributed by atoms with Crippen molar-refractivity contribution in [2.24, 2.45) is 17.4 Å². The molecule has 12 heteroatoms. The number of aryl methyl sites for hydroxylation is 2. The number of benzene rings is 2. The summed E-state index contributed by atoms with van der Waals surface area (Å²) in [7, 11) is 0. The summed E-state index contributed by atoms with van der Waals surface area (Å²) in [5, 5.41) is 16.2. The molecule has 2 aliphatic rings. The van der Waals surface area contributed by atoms with Crippen LogP contribution in [0.25, 0.3) is 0 Å². The molecule has 2 amide bonds. The van der Waals surface area contributed by atoms with E-state index in [0.29, 0.717) is 23.6 Å². The molecular formula is C28H34F3N3O6. The molecule has 0 bridgehead atoms. The van der Waals surface area contributed by atoms with E-state index >= 15 is 0 Å². The first kappa shape index (κ1) is 32.3. The fourth-order valence-corrected chi connectivity index (χ4v) is 4.74. The van der Waals surface area contributed by atoms with Gasteiger partial charge in [-0.1, -0.05) is 30.7 Å². The van der Waals surface area contributed by atoms with Gasteiger partial charge in [0.1, 0.15) is 6.54 Å². The van der Waals surface area contributed by atoms with Crippen molar-refractivity contribution >= 4 is 23.8 Å². The lowest BCUT2D eigenvalue weighted by Crippen LogP contribution is -2.46. The largest absolute Gasteiger partial charge is 0.490 e. The maximum absolute atomic E-state index is 12.6. The first-order valence-corrected chi connectivity index (χ1v) is 12.8. The number of nitrogens with zero attached hydrogens (tertiary/aromatic N) is 1. The Kier molecular flexibility index (Phi) is 12.1. The normalized spacial score (nSPS) is 17.7. The minimum Gasteiger partial charge on any atom is -0.480 e. The molecule has 1 saturated carbocycles. The van der Waals surface area contributed by atoms with Crippen molar-refractivity contribution in [2.45, 2.75) is 57.2 Å². The Bertz CT molecular complexity index is 1170. The molecule has 2 aromatic rings. The molecule has 2 aromatic carbocycles. The molecule has 0 spiro atoms. The van der Waals surface area contributed by atoms with Crippen molar-refractivity contribution in [1.29, 1.82) is 0 Å². The quantitative estimate of drug-likeness (QED) is 0.415. The maximum atomic E-state index is 12.6. The van der Waals surface area contributed by atoms with Crippen LogP contribution in [0.5, 0.6) is 0 Å². The number of hydrogen-bond donors (Lipinski definition) is 4. The summed E-state index contributed by atoms with van der Waals surface area (Å²) in [4.78, 5) is 44.9. The molecule has 1 fully saturated rings. The van der Waals surface area contributed by atoms with Gasteiger partial charge >= 0.3 is 18.1 Å². The summed E-state index contributed by atoms with van der Waals surface area (Å²) in [5.74, 6) is -3.89. The van der Waals surface area contributed by atoms with E-state index in [1.54, 1.807) is 24.3 Å². The Balaban J connectivity index is 0.000000247. The molecule has 2 atom stereocenters. The van der Waals surface area contributed by atoms with E-state index in [2.05, 4.69) is 0 Å². The lowest BCUT2D eigenvalue weighted by atomic mass is 9.84. The van der Waals surface area contributed by atoms with Gasteiger partial charge in [-0.3, -0.25) is 14.4 Å². The van der Waals surface area contributed by atoms with E-state index in [-0.39, 0.29) is 24.4 Å². The number of carboxylic acids is 2. The summed E-state index contributed by atoms with van der Waals surface area (Å²) in [6, 6.07) is 14.6. The average molecular weight is 566 g/mol. The van der Waals surface area contributed by atoms with Gasteiger partial charge < -0.3 is 26.6 Å². The van der Waals surface area contributed by atoms with Crippen LogP contribution in [0.2, 0.25) is 0 Å². The predicted molar refractivity (Wildman–Crippen MR) is 141 cm³/mol. The zero-order chi connectivity index (χ0) is 29.9. The molecule has 0 heterocycles. The Labute approximate surface area is 229 Å². The molecule has 6 N–H and O–H groups in total. The van der Waals surface area contributed by atoms with Crippen LogP contribution in [0.15, 0.2) is 48.5 Å². The van der Waals surface area contributed by atoms with Gasteiger partial charge in [-0.15, -0.1) is 0 Å². The SMILES string of the molecule is NC(=O)c1ccc2c(c1)CCC2.NCC1CCCC(N(CC(=O)O)C(=O)c2ccccc2)C1.O=C(O)C(F)(F)F. The molecule has 218 valence electrons. The fourth-order valence-electron chi connectivity index (χ4n) is 4.74. The van der Waals surface area contributed by atoms with Crippen LogP contribution in [0.3, 0.4) is 0 Å². The number of carboxylic acid groups (broad SMARTS) is 2. The zero-order valence-corrected chi connectivity index (χ0v) is 21.9. The van der Waals surface area contributed by atoms with Crippen LogP contribution in [-0.2, 0) is 22.4 Å². The number of hydrogen-bond acceptors (Lipinski definition) is 5. The molecule has 0 aliphatic heterocycles. The average Bonchev–Trinajstić information content (AvgIpc) is 3.40. The van der Waals surface area contributed by atoms with E-state index in [1.165, 1.54) is 22.4 Å². The Morgan fingerprint density at radius 1 is 0.900 bits per heavy atom. The van der Waals surface area contributed by atoms with Gasteiger partial charge in [0.2, 0.25) is 5.91 Å². The van der Waals surface area contributed by atoms with E-state index in [0.717, 1.165) is 38.5 Å². The Morgan fingerprint density at radius 3 is 2.08 bits per heavy atom. The maximum Gasteiger partial charge on any atom is 0.490 e. The summed E-state index contributed by atoms with van der Waals surface area (Å²) in [6.45, 7) is 0.340. The summed E-state index contributed by atoms with van der Waals surface area (Å²) < 4.78 is 31.7. The van der Waals surface area contributed by atoms with Crippen LogP contribution in [0.1, 0.15) is 63.9 Å². The topological polar surface area (TPSA) is 164 Å². The lowest BCUT2D eigenvalue weighted by Gasteiger charge is -2.36. The number of amides is 2. The summed E-state index contributed by atoms with van der Waals surface area (Å²) in [6.07, 6.45) is 2.06. The van der Waals surface area contributed by atoms with Crippen molar-refractivity contribution in [2.75, 3.05) is 13.1 Å². The van der Waals surface area contributed by atoms with Crippen molar-refractivity contribution in [3.05, 3.63) is 70.8 Å². The number of alkyl halides is 3. The zero-order valence-electron chi connectivity index (χ0n) is 21.9. The van der Waals surface area contributed by atoms with Crippen LogP contribution < -0.4 is 11.5 Å². The number of fused-ring (bicyclic) bond motifs is 1. The van der Waals surface area contributed by atoms with Gasteiger partial charge in [-0.05, 0) is 86.4 Å². The second kappa shape index (κ2) is 15.0. The standard InChI is InChI=1S/C16H22N2O3.C10H11NO.C2HF3O2/c17-10-12-5-4-8-14(9-12)18(11-15(19)20)16(21)13-6-2-1-3-7-13;11-10(12)9-5-4-7-2-1-3-8(7)6-9;3-2(4,5)1(6)7/h1-3,6-7,12,14H,4-5,8-11,17H2,(H,19,20);4-6H,1-3H2,(H2,11,12);(H,6,7). The highest BCUT2D eigenvalue weighted by Crippen LogP contribution is 2.28. The molecular weight excluding hydrogens is 531 g/mol. The molecule has 0 radical (unpaired) electrons. The number of primary amides is 1. The highest BCUT2D eigenvalue weighted by Gasteiger charge is 2.38. The van der Waals surface area contributed by atoms with Gasteiger partial charge in [0.05, 0.1) is 0 Å². The van der Waals surface area contributed by atoms with Crippen LogP contribution >= 0.6 is 0 Å². The van der Waals surface area contributed by atoms with Gasteiger partial charge in [-0.25, -0.2) is 4.79 Å². The minimum absolute atomic E-state index is 0.0314. The Morgan fingerprint density at radius 2 is 1.52 bits per heavy atom. The first-order chi connectivity index (χ1) is 18.8. The second-order valence-corrected chi connectivity index (χ2v) is 9.62. The highest BCUT2D eigenvalue weighted by molar-refractivity contribution is 5.96. The Hall–Kier alpha value is -3.93. The number of halogens is 3. The number of aliphatic carboxylic acids is 2. The van der Waals surface area contributed by atoms with Crippen LogP contribution in [0.4, 0.5) is 13.2 Å². The monoisotopic (exact) mass is 565 g/mol. The lowest BCUT2D eigenvalue weighted by molar-refractivity contribution is -0.192. The smallest absolute Gasteiger partial charge is 0.480 e. The third kappa shape index (κ3) is 9.99. The predicted octanol–water partition coefficient (Wildman–Crippen LogP) is 3.64. The number of rotatable bonds is 6. The molecule has 0 saturated heterocycles. The third-order valence-corrected chi connectivity index (χ3v) is 6.74. The van der Waals surface area contributed by atoms with Crippen molar-refractivity contribution in [1.82, 2.24) is 4.90 Å². The molecule has 0 aromatic heterocycles. The van der Waals surface area contributed by atoms with Gasteiger partial charge in [0, 0.05) is 17.2 Å². The minimum atomic E-state index is -5.08. The van der Waals surface area contributed by atoms with E-state index in [4.69, 9.17) is 26.5 Å². The van der Waals surface area contributed by atoms with Crippen LogP contribution in [0, 0.1) is 5.92 Å². The van der Waals surface area contributed by atoms with E-state index < -0.39 is 18.1 Å². The second-order valence-electron chi connectivity index (χ2n) is 9.62. The van der Waals surface area contributed by atoms with E-state index in [9.17, 15) is 27.6 Å². The molecule has 4 rings (SSSR count). The molecule has 40 heavy (non-hydrogen) atoms. The number of nitrogens with two attached hydrogens (primary N) is 2. The third-order valence-electron chi connectivity index (χ3n) is 6.74. The van der Waals surface area contributed by atoms with Crippen molar-refractivity contribution in [3.63, 3.8) is 0 Å². The molecule has 2 aliphatic carbocycles. The van der Waals surface area contributed by atoms with E-state index in [1.807, 2.05) is 24.3 Å². The van der Waals surface area contributed by atoms with Crippen molar-refractivity contribution < 1.29 is 42.6 Å². The van der Waals surface area contributed by atoms with Gasteiger partial charge in [0.15, 0.2) is 0 Å². The van der Waals surface area contributed by atoms with Gasteiger partial charge in [-0.2, -0.15) is 13.2 Å². The van der Waals surface area contributed by atoms with Crippen LogP contribution in [-0.4, -0.2) is 64.2 Å². The van der Waals surface area contributed by atoms with Gasteiger partial charge in [0.25, 0.3) is 5.91 Å². The number of carbonyl (C=O) groups excluding carboxylic acids is 2. The molecule has 2 unspecified atom stereocenters. The van der Waals surface area contributed by atoms with Crippen molar-refractivity contribution in [3.8, 4) is 0 Å². The summed E-state index contributed by atoms with van der Waals surface area (Å²) in [5.41, 5.74) is 14.7. The number of carbonyl (C=O) groups is 4. The summed E-state index contributed by atoms with van der Waals surface area (Å²) >= 11 is 0. The fraction of sp³-hybridized carbons (Fsp3) is 0.429.